The summed E-state index contributed by atoms with van der Waals surface area (Å²) in [5, 5.41) is 27.9. The maximum atomic E-state index is 13.3. The highest BCUT2D eigenvalue weighted by molar-refractivity contribution is 6.32. The topological polar surface area (TPSA) is 155 Å². The Labute approximate surface area is 182 Å². The minimum Gasteiger partial charge on any atom is -0.384 e. The number of rotatable bonds is 3. The number of hydrogen-bond acceptors (Lipinski definition) is 8. The third-order valence-corrected chi connectivity index (χ3v) is 5.81. The first-order valence-electron chi connectivity index (χ1n) is 9.40. The number of anilines is 1. The van der Waals surface area contributed by atoms with Gasteiger partial charge in [-0.15, -0.1) is 0 Å². The Morgan fingerprint density at radius 2 is 2.16 bits per heavy atom. The van der Waals surface area contributed by atoms with Gasteiger partial charge in [0.15, 0.2) is 5.78 Å². The molecule has 0 amide bonds. The number of allylic oxidation sites excluding steroid dienone is 3. The second kappa shape index (κ2) is 7.21. The lowest BCUT2D eigenvalue weighted by atomic mass is 9.68. The van der Waals surface area contributed by atoms with E-state index in [0.717, 1.165) is 0 Å². The summed E-state index contributed by atoms with van der Waals surface area (Å²) in [6.45, 7) is 3.93. The molecule has 0 saturated carbocycles. The van der Waals surface area contributed by atoms with Gasteiger partial charge in [-0.05, 0) is 23.5 Å². The fraction of sp³-hybridized carbons (Fsp3) is 0.300. The zero-order chi connectivity index (χ0) is 22.5. The molecule has 1 aromatic heterocycles. The van der Waals surface area contributed by atoms with E-state index in [1.54, 1.807) is 11.0 Å². The molecule has 0 spiro atoms. The number of aromatic amines is 1. The van der Waals surface area contributed by atoms with Crippen molar-refractivity contribution in [2.75, 3.05) is 4.90 Å². The number of aromatic nitrogens is 3. The lowest BCUT2D eigenvalue weighted by molar-refractivity contribution is -0.384. The molecule has 0 fully saturated rings. The number of halogens is 1. The zero-order valence-corrected chi connectivity index (χ0v) is 17.5. The second-order valence-corrected chi connectivity index (χ2v) is 8.66. The molecule has 1 unspecified atom stereocenters. The van der Waals surface area contributed by atoms with Crippen LogP contribution in [0.1, 0.15) is 38.2 Å². The lowest BCUT2D eigenvalue weighted by Gasteiger charge is -2.42. The van der Waals surface area contributed by atoms with Crippen LogP contribution in [0, 0.1) is 26.9 Å². The molecule has 2 aliphatic rings. The maximum Gasteiger partial charge on any atom is 0.288 e. The molecule has 10 nitrogen and oxygen atoms in total. The molecule has 1 atom stereocenters. The Morgan fingerprint density at radius 1 is 1.42 bits per heavy atom. The van der Waals surface area contributed by atoms with Crippen LogP contribution in [0.3, 0.4) is 0 Å². The predicted molar refractivity (Wildman–Crippen MR) is 112 cm³/mol. The molecular formula is C20H18ClN7O3. The first kappa shape index (κ1) is 20.6. The van der Waals surface area contributed by atoms with Crippen LogP contribution >= 0.6 is 11.6 Å². The molecule has 158 valence electrons. The van der Waals surface area contributed by atoms with Crippen molar-refractivity contribution >= 4 is 29.0 Å². The van der Waals surface area contributed by atoms with Crippen molar-refractivity contribution in [1.29, 1.82) is 5.26 Å². The van der Waals surface area contributed by atoms with E-state index in [1.165, 1.54) is 18.5 Å². The summed E-state index contributed by atoms with van der Waals surface area (Å²) in [7, 11) is 0. The summed E-state index contributed by atoms with van der Waals surface area (Å²) < 4.78 is 0. The highest BCUT2D eigenvalue weighted by atomic mass is 35.5. The number of carbonyl (C=O) groups excluding carboxylic acids is 1. The average molecular weight is 440 g/mol. The van der Waals surface area contributed by atoms with Crippen LogP contribution in [0.25, 0.3) is 0 Å². The fourth-order valence-corrected chi connectivity index (χ4v) is 4.43. The molecule has 1 aliphatic heterocycles. The number of Topliss-reactive ketones (excluding diaryl/α,β-unsaturated/α-hetero) is 1. The number of benzene rings is 1. The molecule has 0 radical (unpaired) electrons. The number of nitriles is 1. The largest absolute Gasteiger partial charge is 0.384 e. The van der Waals surface area contributed by atoms with E-state index < -0.39 is 10.8 Å². The van der Waals surface area contributed by atoms with Crippen LogP contribution in [-0.2, 0) is 4.79 Å². The van der Waals surface area contributed by atoms with Gasteiger partial charge in [-0.2, -0.15) is 15.3 Å². The summed E-state index contributed by atoms with van der Waals surface area (Å²) in [5.74, 6) is -0.632. The molecule has 2 aromatic rings. The van der Waals surface area contributed by atoms with Crippen LogP contribution < -0.4 is 10.6 Å². The SMILES string of the molecule is CC1(C)CC(=O)C2=C(C1)N(c1ncn[nH]1)C(N)=C(C#N)C2c1ccc(Cl)c([N+](=O)[O-])c1. The van der Waals surface area contributed by atoms with Crippen molar-refractivity contribution in [3.63, 3.8) is 0 Å². The number of nitro groups is 1. The van der Waals surface area contributed by atoms with Gasteiger partial charge in [-0.3, -0.25) is 19.8 Å². The van der Waals surface area contributed by atoms with Crippen LogP contribution in [0.4, 0.5) is 11.6 Å². The Bertz CT molecular complexity index is 1210. The summed E-state index contributed by atoms with van der Waals surface area (Å²) in [6, 6.07) is 6.35. The number of hydrogen-bond donors (Lipinski definition) is 2. The second-order valence-electron chi connectivity index (χ2n) is 8.26. The van der Waals surface area contributed by atoms with E-state index in [2.05, 4.69) is 21.3 Å². The lowest BCUT2D eigenvalue weighted by Crippen LogP contribution is -2.42. The molecule has 0 bridgehead atoms. The molecule has 4 rings (SSSR count). The van der Waals surface area contributed by atoms with Crippen LogP contribution in [-0.4, -0.2) is 25.9 Å². The summed E-state index contributed by atoms with van der Waals surface area (Å²) in [6.07, 6.45) is 2.06. The third kappa shape index (κ3) is 3.33. The minimum atomic E-state index is -0.848. The zero-order valence-electron chi connectivity index (χ0n) is 16.7. The van der Waals surface area contributed by atoms with E-state index in [1.807, 2.05) is 13.8 Å². The Morgan fingerprint density at radius 3 is 2.77 bits per heavy atom. The summed E-state index contributed by atoms with van der Waals surface area (Å²) >= 11 is 5.97. The monoisotopic (exact) mass is 439 g/mol. The van der Waals surface area contributed by atoms with Crippen LogP contribution in [0.5, 0.6) is 0 Å². The number of nitro benzene ring substituents is 1. The number of ketones is 1. The van der Waals surface area contributed by atoms with Gasteiger partial charge >= 0.3 is 0 Å². The van der Waals surface area contributed by atoms with Crippen molar-refractivity contribution < 1.29 is 9.72 Å². The first-order chi connectivity index (χ1) is 14.6. The van der Waals surface area contributed by atoms with E-state index in [-0.39, 0.29) is 45.7 Å². The fourth-order valence-electron chi connectivity index (χ4n) is 4.24. The van der Waals surface area contributed by atoms with Crippen LogP contribution in [0.15, 0.2) is 47.2 Å². The van der Waals surface area contributed by atoms with Crippen molar-refractivity contribution in [2.45, 2.75) is 32.6 Å². The third-order valence-electron chi connectivity index (χ3n) is 5.50. The van der Waals surface area contributed by atoms with Crippen molar-refractivity contribution in [3.05, 3.63) is 67.9 Å². The van der Waals surface area contributed by atoms with Gasteiger partial charge in [0, 0.05) is 23.8 Å². The smallest absolute Gasteiger partial charge is 0.288 e. The summed E-state index contributed by atoms with van der Waals surface area (Å²) in [5.41, 5.74) is 7.21. The number of H-pyrrole nitrogens is 1. The predicted octanol–water partition coefficient (Wildman–Crippen LogP) is 3.31. The molecular weight excluding hydrogens is 422 g/mol. The highest BCUT2D eigenvalue weighted by Gasteiger charge is 2.45. The molecule has 3 N–H and O–H groups in total. The number of nitrogens with two attached hydrogens (primary N) is 1. The normalized spacial score (nSPS) is 20.5. The van der Waals surface area contributed by atoms with Gasteiger partial charge < -0.3 is 5.73 Å². The van der Waals surface area contributed by atoms with Gasteiger partial charge in [0.25, 0.3) is 5.69 Å². The maximum absolute atomic E-state index is 13.3. The number of nitrogens with zero attached hydrogens (tertiary/aromatic N) is 5. The van der Waals surface area contributed by atoms with Gasteiger partial charge in [-0.25, -0.2) is 5.10 Å². The van der Waals surface area contributed by atoms with Gasteiger partial charge in [0.1, 0.15) is 17.2 Å². The van der Waals surface area contributed by atoms with Crippen molar-refractivity contribution in [2.24, 2.45) is 11.1 Å². The first-order valence-corrected chi connectivity index (χ1v) is 9.77. The number of nitrogens with one attached hydrogen (secondary N) is 1. The standard InChI is InChI=1S/C20H18ClN7O3/c1-20(2)6-14-17(15(29)7-20)16(10-3-4-12(21)13(5-10)28(30)31)11(8-22)18(23)27(14)19-24-9-25-26-19/h3-5,9,16H,6-7,23H2,1-2H3,(H,24,25,26). The Hall–Kier alpha value is -3.71. The average Bonchev–Trinajstić information content (AvgIpc) is 3.20. The Balaban J connectivity index is 2.00. The quantitative estimate of drug-likeness (QED) is 0.545. The van der Waals surface area contributed by atoms with Crippen molar-refractivity contribution in [3.8, 4) is 6.07 Å². The Kier molecular flexibility index (Phi) is 4.78. The van der Waals surface area contributed by atoms with E-state index in [9.17, 15) is 20.2 Å². The molecule has 1 aromatic carbocycles. The van der Waals surface area contributed by atoms with E-state index in [4.69, 9.17) is 17.3 Å². The van der Waals surface area contributed by atoms with E-state index >= 15 is 0 Å². The minimum absolute atomic E-state index is 0.0337. The van der Waals surface area contributed by atoms with Gasteiger partial charge in [0.05, 0.1) is 22.5 Å². The molecule has 1 aliphatic carbocycles. The molecule has 2 heterocycles. The highest BCUT2D eigenvalue weighted by Crippen LogP contribution is 2.50. The molecule has 31 heavy (non-hydrogen) atoms. The molecule has 0 saturated heterocycles. The van der Waals surface area contributed by atoms with Gasteiger partial charge in [0.2, 0.25) is 5.95 Å². The van der Waals surface area contributed by atoms with E-state index in [0.29, 0.717) is 23.3 Å². The van der Waals surface area contributed by atoms with Crippen molar-refractivity contribution in [1.82, 2.24) is 15.2 Å². The van der Waals surface area contributed by atoms with Gasteiger partial charge in [-0.1, -0.05) is 31.5 Å². The number of carbonyl (C=O) groups is 1. The summed E-state index contributed by atoms with van der Waals surface area (Å²) in [4.78, 5) is 29.9. The molecule has 11 heteroatoms. The van der Waals surface area contributed by atoms with Crippen LogP contribution in [0.2, 0.25) is 5.02 Å².